The third kappa shape index (κ3) is 4.03. The second kappa shape index (κ2) is 7.19. The van der Waals surface area contributed by atoms with E-state index in [1.165, 1.54) is 11.3 Å². The zero-order valence-electron chi connectivity index (χ0n) is 11.4. The van der Waals surface area contributed by atoms with Gasteiger partial charge < -0.3 is 10.6 Å². The van der Waals surface area contributed by atoms with Crippen molar-refractivity contribution < 1.29 is 9.59 Å². The Morgan fingerprint density at radius 3 is 2.48 bits per heavy atom. The van der Waals surface area contributed by atoms with Gasteiger partial charge in [-0.15, -0.1) is 11.3 Å². The maximum absolute atomic E-state index is 11.9. The minimum Gasteiger partial charge on any atom is -0.350 e. The van der Waals surface area contributed by atoms with E-state index in [-0.39, 0.29) is 11.8 Å². The fourth-order valence-corrected chi connectivity index (χ4v) is 2.63. The number of rotatable bonds is 5. The van der Waals surface area contributed by atoms with E-state index in [2.05, 4.69) is 15.6 Å². The van der Waals surface area contributed by atoms with Crippen LogP contribution in [0.3, 0.4) is 0 Å². The first-order valence-electron chi connectivity index (χ1n) is 6.30. The van der Waals surface area contributed by atoms with Crippen LogP contribution in [0.15, 0.2) is 29.8 Å². The molecule has 0 aliphatic rings. The molecule has 110 valence electrons. The highest BCUT2D eigenvalue weighted by Gasteiger charge is 2.11. The second-order valence-electron chi connectivity index (χ2n) is 4.26. The lowest BCUT2D eigenvalue weighted by Gasteiger charge is -2.07. The molecule has 0 unspecified atom stereocenters. The number of aryl methyl sites for hydroxylation is 1. The van der Waals surface area contributed by atoms with Crippen molar-refractivity contribution in [2.75, 3.05) is 13.1 Å². The van der Waals surface area contributed by atoms with Crippen LogP contribution in [0.4, 0.5) is 0 Å². The fraction of sp³-hybridized carbons (Fsp3) is 0.214. The minimum absolute atomic E-state index is 0.179. The maximum atomic E-state index is 11.9. The summed E-state index contributed by atoms with van der Waals surface area (Å²) >= 11 is 7.22. The molecule has 1 aromatic carbocycles. The summed E-state index contributed by atoms with van der Waals surface area (Å²) in [5, 5.41) is 5.84. The molecule has 2 N–H and O–H groups in total. The van der Waals surface area contributed by atoms with E-state index in [0.717, 1.165) is 0 Å². The van der Waals surface area contributed by atoms with Gasteiger partial charge >= 0.3 is 0 Å². The van der Waals surface area contributed by atoms with Crippen molar-refractivity contribution in [2.24, 2.45) is 0 Å². The summed E-state index contributed by atoms with van der Waals surface area (Å²) in [7, 11) is 0. The Hall–Kier alpha value is -1.92. The van der Waals surface area contributed by atoms with Gasteiger partial charge in [-0.25, -0.2) is 4.98 Å². The number of amides is 2. The van der Waals surface area contributed by atoms with Crippen LogP contribution in [0.5, 0.6) is 0 Å². The summed E-state index contributed by atoms with van der Waals surface area (Å²) in [6, 6.07) is 6.81. The molecule has 1 aromatic heterocycles. The van der Waals surface area contributed by atoms with Crippen LogP contribution in [-0.4, -0.2) is 29.9 Å². The Kier molecular flexibility index (Phi) is 5.30. The lowest BCUT2D eigenvalue weighted by atomic mass is 10.2. The van der Waals surface area contributed by atoms with Gasteiger partial charge in [-0.1, -0.05) is 23.7 Å². The zero-order valence-corrected chi connectivity index (χ0v) is 12.9. The molecule has 0 atom stereocenters. The maximum Gasteiger partial charge on any atom is 0.263 e. The summed E-state index contributed by atoms with van der Waals surface area (Å²) in [4.78, 5) is 28.3. The summed E-state index contributed by atoms with van der Waals surface area (Å²) < 4.78 is 0. The number of nitrogens with one attached hydrogen (secondary N) is 2. The van der Waals surface area contributed by atoms with Gasteiger partial charge in [0.1, 0.15) is 4.88 Å². The van der Waals surface area contributed by atoms with Gasteiger partial charge in [-0.3, -0.25) is 9.59 Å². The minimum atomic E-state index is -0.260. The molecule has 0 saturated heterocycles. The van der Waals surface area contributed by atoms with E-state index in [4.69, 9.17) is 11.6 Å². The number of carbonyl (C=O) groups excluding carboxylic acids is 2. The van der Waals surface area contributed by atoms with E-state index in [9.17, 15) is 9.59 Å². The molecule has 2 amide bonds. The van der Waals surface area contributed by atoms with E-state index < -0.39 is 0 Å². The van der Waals surface area contributed by atoms with Crippen LogP contribution in [0.1, 0.15) is 25.7 Å². The number of aromatic nitrogens is 1. The molecule has 0 aliphatic carbocycles. The van der Waals surface area contributed by atoms with Crippen molar-refractivity contribution >= 4 is 34.8 Å². The number of halogens is 1. The number of nitrogens with zero attached hydrogens (tertiary/aromatic N) is 1. The molecule has 5 nitrogen and oxygen atoms in total. The average molecular weight is 324 g/mol. The van der Waals surface area contributed by atoms with Crippen LogP contribution < -0.4 is 10.6 Å². The Bertz CT molecular complexity index is 657. The predicted molar refractivity (Wildman–Crippen MR) is 83.0 cm³/mol. The molecule has 0 saturated carbocycles. The van der Waals surface area contributed by atoms with Crippen molar-refractivity contribution in [1.29, 1.82) is 0 Å². The Balaban J connectivity index is 1.78. The molecule has 0 aliphatic heterocycles. The van der Waals surface area contributed by atoms with Gasteiger partial charge in [0.2, 0.25) is 0 Å². The van der Waals surface area contributed by atoms with E-state index >= 15 is 0 Å². The SMILES string of the molecule is Cc1ncsc1C(=O)NCCNC(=O)c1ccccc1Cl. The lowest BCUT2D eigenvalue weighted by Crippen LogP contribution is -2.34. The van der Waals surface area contributed by atoms with Crippen LogP contribution in [0.25, 0.3) is 0 Å². The van der Waals surface area contributed by atoms with E-state index in [1.54, 1.807) is 36.7 Å². The normalized spacial score (nSPS) is 10.2. The number of thiazole rings is 1. The first-order chi connectivity index (χ1) is 10.1. The van der Waals surface area contributed by atoms with Crippen molar-refractivity contribution in [3.05, 3.63) is 50.9 Å². The number of hydrogen-bond acceptors (Lipinski definition) is 4. The van der Waals surface area contributed by atoms with Crippen LogP contribution in [0.2, 0.25) is 5.02 Å². The summed E-state index contributed by atoms with van der Waals surface area (Å²) in [6.07, 6.45) is 0. The Morgan fingerprint density at radius 1 is 1.19 bits per heavy atom. The average Bonchev–Trinajstić information content (AvgIpc) is 2.90. The lowest BCUT2D eigenvalue weighted by molar-refractivity contribution is 0.0929. The van der Waals surface area contributed by atoms with Crippen molar-refractivity contribution in [1.82, 2.24) is 15.6 Å². The number of benzene rings is 1. The molecule has 0 bridgehead atoms. The van der Waals surface area contributed by atoms with Crippen molar-refractivity contribution in [2.45, 2.75) is 6.92 Å². The van der Waals surface area contributed by atoms with Crippen LogP contribution in [0, 0.1) is 6.92 Å². The molecular weight excluding hydrogens is 310 g/mol. The Morgan fingerprint density at radius 2 is 1.86 bits per heavy atom. The number of carbonyl (C=O) groups is 2. The molecule has 2 rings (SSSR count). The number of hydrogen-bond donors (Lipinski definition) is 2. The van der Waals surface area contributed by atoms with Crippen LogP contribution in [-0.2, 0) is 0 Å². The zero-order chi connectivity index (χ0) is 15.2. The van der Waals surface area contributed by atoms with Gasteiger partial charge in [-0.2, -0.15) is 0 Å². The highest BCUT2D eigenvalue weighted by Crippen LogP contribution is 2.14. The molecule has 7 heteroatoms. The quantitative estimate of drug-likeness (QED) is 0.829. The van der Waals surface area contributed by atoms with Crippen molar-refractivity contribution in [3.63, 3.8) is 0 Å². The Labute approximate surface area is 131 Å². The highest BCUT2D eigenvalue weighted by molar-refractivity contribution is 7.11. The third-order valence-electron chi connectivity index (χ3n) is 2.77. The van der Waals surface area contributed by atoms with Gasteiger partial charge in [-0.05, 0) is 19.1 Å². The fourth-order valence-electron chi connectivity index (χ4n) is 1.69. The predicted octanol–water partition coefficient (Wildman–Crippen LogP) is 2.26. The summed E-state index contributed by atoms with van der Waals surface area (Å²) in [6.45, 7) is 2.45. The topological polar surface area (TPSA) is 71.1 Å². The molecule has 1 heterocycles. The molecule has 21 heavy (non-hydrogen) atoms. The molecule has 2 aromatic rings. The van der Waals surface area contributed by atoms with Crippen LogP contribution >= 0.6 is 22.9 Å². The molecule has 0 spiro atoms. The van der Waals surface area contributed by atoms with Crippen molar-refractivity contribution in [3.8, 4) is 0 Å². The first-order valence-corrected chi connectivity index (χ1v) is 7.56. The van der Waals surface area contributed by atoms with Gasteiger partial charge in [0.05, 0.1) is 21.8 Å². The largest absolute Gasteiger partial charge is 0.350 e. The second-order valence-corrected chi connectivity index (χ2v) is 5.52. The summed E-state index contributed by atoms with van der Waals surface area (Å²) in [5.41, 5.74) is 2.75. The third-order valence-corrected chi connectivity index (χ3v) is 4.02. The highest BCUT2D eigenvalue weighted by atomic mass is 35.5. The van der Waals surface area contributed by atoms with E-state index in [1.807, 2.05) is 0 Å². The van der Waals surface area contributed by atoms with Gasteiger partial charge in [0.15, 0.2) is 0 Å². The standard InChI is InChI=1S/C14H14ClN3O2S/c1-9-12(21-8-18-9)14(20)17-7-6-16-13(19)10-4-2-3-5-11(10)15/h2-5,8H,6-7H2,1H3,(H,16,19)(H,17,20). The molecular formula is C14H14ClN3O2S. The molecule has 0 fully saturated rings. The summed E-state index contributed by atoms with van der Waals surface area (Å²) in [5.74, 6) is -0.439. The van der Waals surface area contributed by atoms with Gasteiger partial charge in [0.25, 0.3) is 11.8 Å². The molecule has 0 radical (unpaired) electrons. The van der Waals surface area contributed by atoms with E-state index in [0.29, 0.717) is 34.2 Å². The first kappa shape index (κ1) is 15.5. The van der Waals surface area contributed by atoms with Gasteiger partial charge in [0, 0.05) is 13.1 Å². The monoisotopic (exact) mass is 323 g/mol. The smallest absolute Gasteiger partial charge is 0.263 e.